The molecule has 3 fully saturated rings. The Bertz CT molecular complexity index is 922. The van der Waals surface area contributed by atoms with Crippen molar-refractivity contribution in [2.24, 2.45) is 5.92 Å². The van der Waals surface area contributed by atoms with Crippen LogP contribution in [0.25, 0.3) is 0 Å². The van der Waals surface area contributed by atoms with Crippen LogP contribution < -0.4 is 4.90 Å². The Morgan fingerprint density at radius 3 is 2.67 bits per heavy atom. The molecule has 0 aromatic heterocycles. The molecule has 1 aromatic rings. The summed E-state index contributed by atoms with van der Waals surface area (Å²) in [5, 5.41) is 9.35. The number of rotatable bonds is 2. The molecule has 2 bridgehead atoms. The summed E-state index contributed by atoms with van der Waals surface area (Å²) in [6, 6.07) is 3.65. The number of imide groups is 1. The predicted octanol–water partition coefficient (Wildman–Crippen LogP) is 2.30. The Hall–Kier alpha value is -2.59. The van der Waals surface area contributed by atoms with Gasteiger partial charge in [0.15, 0.2) is 0 Å². The van der Waals surface area contributed by atoms with E-state index in [0.717, 1.165) is 4.90 Å². The molecule has 3 atom stereocenters. The minimum Gasteiger partial charge on any atom is -0.335 e. The van der Waals surface area contributed by atoms with E-state index in [9.17, 15) is 14.4 Å². The van der Waals surface area contributed by atoms with Gasteiger partial charge >= 0.3 is 6.03 Å². The number of urea groups is 1. The van der Waals surface area contributed by atoms with E-state index in [1.54, 1.807) is 22.8 Å². The van der Waals surface area contributed by atoms with Gasteiger partial charge < -0.3 is 9.80 Å². The summed E-state index contributed by atoms with van der Waals surface area (Å²) in [6.07, 6.45) is 0.640. The first kappa shape index (κ1) is 17.8. The number of carbonyl (C=O) groups is 3. The standard InChI is InChI=1S/C19H19ClN4O3/c1-9(2)17(25)22-8-12-6-14(22)16-18(26)24(19(27)23(12)16)13-5-4-11(7-21)15(20)10(13)3/h4-5,9,12,14,16H,6,8H2,1-3H3/t12-,14?,16+/m1/s1. The number of nitriles is 1. The molecule has 4 rings (SSSR count). The van der Waals surface area contributed by atoms with Crippen molar-refractivity contribution in [1.82, 2.24) is 9.80 Å². The second kappa shape index (κ2) is 5.96. The van der Waals surface area contributed by atoms with Crippen LogP contribution >= 0.6 is 11.6 Å². The number of benzene rings is 1. The van der Waals surface area contributed by atoms with Crippen LogP contribution in [0, 0.1) is 24.2 Å². The zero-order valence-corrected chi connectivity index (χ0v) is 16.0. The van der Waals surface area contributed by atoms with Gasteiger partial charge in [0, 0.05) is 12.5 Å². The summed E-state index contributed by atoms with van der Waals surface area (Å²) in [5.41, 5.74) is 1.21. The molecule has 0 radical (unpaired) electrons. The Kier molecular flexibility index (Phi) is 3.93. The lowest BCUT2D eigenvalue weighted by molar-refractivity contribution is -0.138. The second-order valence-electron chi connectivity index (χ2n) is 7.59. The molecule has 4 amide bonds. The van der Waals surface area contributed by atoms with Crippen molar-refractivity contribution in [2.75, 3.05) is 11.4 Å². The lowest BCUT2D eigenvalue weighted by Crippen LogP contribution is -2.55. The zero-order chi connectivity index (χ0) is 19.6. The maximum absolute atomic E-state index is 13.2. The first-order valence-corrected chi connectivity index (χ1v) is 9.31. The predicted molar refractivity (Wildman–Crippen MR) is 98.2 cm³/mol. The van der Waals surface area contributed by atoms with Crippen molar-refractivity contribution in [2.45, 2.75) is 45.3 Å². The van der Waals surface area contributed by atoms with Gasteiger partial charge in [-0.25, -0.2) is 9.69 Å². The highest BCUT2D eigenvalue weighted by molar-refractivity contribution is 6.33. The monoisotopic (exact) mass is 386 g/mol. The van der Waals surface area contributed by atoms with E-state index in [1.807, 2.05) is 19.9 Å². The highest BCUT2D eigenvalue weighted by atomic mass is 35.5. The molecule has 1 unspecified atom stereocenters. The number of hydrogen-bond donors (Lipinski definition) is 0. The Labute approximate surface area is 162 Å². The lowest BCUT2D eigenvalue weighted by atomic mass is 10.1. The summed E-state index contributed by atoms with van der Waals surface area (Å²) < 4.78 is 0. The third-order valence-corrected chi connectivity index (χ3v) is 6.25. The van der Waals surface area contributed by atoms with Crippen LogP contribution in [0.15, 0.2) is 12.1 Å². The molecule has 3 saturated heterocycles. The van der Waals surface area contributed by atoms with Crippen molar-refractivity contribution in [3.05, 3.63) is 28.3 Å². The first-order valence-electron chi connectivity index (χ1n) is 8.93. The molecule has 3 heterocycles. The van der Waals surface area contributed by atoms with Crippen molar-refractivity contribution in [3.63, 3.8) is 0 Å². The third kappa shape index (κ3) is 2.29. The van der Waals surface area contributed by atoms with E-state index in [1.165, 1.54) is 6.07 Å². The molecule has 0 N–H and O–H groups in total. The van der Waals surface area contributed by atoms with Gasteiger partial charge in [-0.15, -0.1) is 0 Å². The van der Waals surface area contributed by atoms with Gasteiger partial charge in [-0.1, -0.05) is 25.4 Å². The Balaban J connectivity index is 1.70. The van der Waals surface area contributed by atoms with E-state index in [4.69, 9.17) is 16.9 Å². The number of nitrogens with zero attached hydrogens (tertiary/aromatic N) is 4. The van der Waals surface area contributed by atoms with Crippen molar-refractivity contribution < 1.29 is 14.4 Å². The van der Waals surface area contributed by atoms with Gasteiger partial charge in [0.05, 0.1) is 28.4 Å². The van der Waals surface area contributed by atoms with Gasteiger partial charge in [0.25, 0.3) is 5.91 Å². The summed E-state index contributed by atoms with van der Waals surface area (Å²) in [4.78, 5) is 43.2. The molecule has 0 spiro atoms. The second-order valence-corrected chi connectivity index (χ2v) is 7.97. The quantitative estimate of drug-likeness (QED) is 0.730. The van der Waals surface area contributed by atoms with Crippen LogP contribution in [0.5, 0.6) is 0 Å². The van der Waals surface area contributed by atoms with E-state index in [0.29, 0.717) is 29.8 Å². The van der Waals surface area contributed by atoms with Gasteiger partial charge in [-0.3, -0.25) is 9.59 Å². The molecule has 7 nitrogen and oxygen atoms in total. The molecular weight excluding hydrogens is 368 g/mol. The highest BCUT2D eigenvalue weighted by Crippen LogP contribution is 2.44. The summed E-state index contributed by atoms with van der Waals surface area (Å²) in [5.74, 6) is -0.475. The van der Waals surface area contributed by atoms with Crippen molar-refractivity contribution in [3.8, 4) is 6.07 Å². The fourth-order valence-electron chi connectivity index (χ4n) is 4.47. The molecule has 1 aromatic carbocycles. The third-order valence-electron chi connectivity index (χ3n) is 5.76. The van der Waals surface area contributed by atoms with Crippen LogP contribution in [0.2, 0.25) is 5.02 Å². The molecule has 27 heavy (non-hydrogen) atoms. The number of fused-ring (bicyclic) bond motifs is 5. The summed E-state index contributed by atoms with van der Waals surface area (Å²) in [6.45, 7) is 5.83. The number of anilines is 1. The lowest BCUT2D eigenvalue weighted by Gasteiger charge is -2.35. The van der Waals surface area contributed by atoms with Crippen LogP contribution in [0.1, 0.15) is 31.4 Å². The molecule has 8 heteroatoms. The topological polar surface area (TPSA) is 84.7 Å². The van der Waals surface area contributed by atoms with Gasteiger partial charge in [-0.05, 0) is 31.0 Å². The molecule has 3 aliphatic rings. The smallest absolute Gasteiger partial charge is 0.332 e. The molecular formula is C19H19ClN4O3. The zero-order valence-electron chi connectivity index (χ0n) is 15.3. The number of carbonyl (C=O) groups excluding carboxylic acids is 3. The summed E-state index contributed by atoms with van der Waals surface area (Å²) in [7, 11) is 0. The van der Waals surface area contributed by atoms with Crippen molar-refractivity contribution in [1.29, 1.82) is 5.26 Å². The normalized spacial score (nSPS) is 26.2. The fourth-order valence-corrected chi connectivity index (χ4v) is 4.67. The average molecular weight is 387 g/mol. The van der Waals surface area contributed by atoms with E-state index in [-0.39, 0.29) is 40.9 Å². The fraction of sp³-hybridized carbons (Fsp3) is 0.474. The van der Waals surface area contributed by atoms with Gasteiger partial charge in [0.1, 0.15) is 12.1 Å². The highest BCUT2D eigenvalue weighted by Gasteiger charge is 2.63. The molecule has 0 saturated carbocycles. The number of piperazine rings is 1. The largest absolute Gasteiger partial charge is 0.335 e. The van der Waals surface area contributed by atoms with E-state index in [2.05, 4.69) is 0 Å². The molecule has 140 valence electrons. The average Bonchev–Trinajstić information content (AvgIpc) is 3.29. The van der Waals surface area contributed by atoms with Crippen LogP contribution in [-0.2, 0) is 9.59 Å². The number of halogens is 1. The number of likely N-dealkylation sites (tertiary alicyclic amines) is 1. The minimum atomic E-state index is -0.646. The van der Waals surface area contributed by atoms with E-state index >= 15 is 0 Å². The first-order chi connectivity index (χ1) is 12.8. The number of amides is 4. The maximum atomic E-state index is 13.2. The Morgan fingerprint density at radius 2 is 2.04 bits per heavy atom. The van der Waals surface area contributed by atoms with Crippen LogP contribution in [0.3, 0.4) is 0 Å². The Morgan fingerprint density at radius 1 is 1.33 bits per heavy atom. The minimum absolute atomic E-state index is 0.0125. The molecule has 0 aliphatic carbocycles. The van der Waals surface area contributed by atoms with Crippen LogP contribution in [0.4, 0.5) is 10.5 Å². The maximum Gasteiger partial charge on any atom is 0.332 e. The van der Waals surface area contributed by atoms with E-state index < -0.39 is 6.04 Å². The van der Waals surface area contributed by atoms with Crippen molar-refractivity contribution >= 4 is 35.1 Å². The van der Waals surface area contributed by atoms with Gasteiger partial charge in [-0.2, -0.15) is 5.26 Å². The van der Waals surface area contributed by atoms with Gasteiger partial charge in [0.2, 0.25) is 5.91 Å². The SMILES string of the molecule is Cc1c(N2C(=O)[C@@H]3C4C[C@H](CN4C(=O)C(C)C)N3C2=O)ccc(C#N)c1Cl. The molecule has 3 aliphatic heterocycles. The summed E-state index contributed by atoms with van der Waals surface area (Å²) >= 11 is 6.22. The number of hydrogen-bond acceptors (Lipinski definition) is 4. The van der Waals surface area contributed by atoms with Crippen LogP contribution in [-0.4, -0.2) is 52.3 Å².